The van der Waals surface area contributed by atoms with Crippen LogP contribution in [0.15, 0.2) is 24.3 Å². The van der Waals surface area contributed by atoms with Gasteiger partial charge in [-0.2, -0.15) is 0 Å². The first-order valence-corrected chi connectivity index (χ1v) is 7.04. The van der Waals surface area contributed by atoms with E-state index in [0.717, 1.165) is 12.2 Å². The minimum atomic E-state index is -0.587. The van der Waals surface area contributed by atoms with Crippen molar-refractivity contribution < 1.29 is 9.84 Å². The molecule has 0 aromatic heterocycles. The van der Waals surface area contributed by atoms with Crippen molar-refractivity contribution in [2.75, 3.05) is 6.61 Å². The Balaban J connectivity index is 2.58. The lowest BCUT2D eigenvalue weighted by molar-refractivity contribution is 0.133. The van der Waals surface area contributed by atoms with Crippen molar-refractivity contribution in [2.24, 2.45) is 5.73 Å². The minimum Gasteiger partial charge on any atom is -0.491 e. The van der Waals surface area contributed by atoms with Gasteiger partial charge in [0.05, 0.1) is 12.7 Å². The Hall–Kier alpha value is -1.06. The molecule has 0 amide bonds. The molecule has 0 heterocycles. The first kappa shape index (κ1) is 16.0. The van der Waals surface area contributed by atoms with Gasteiger partial charge in [-0.15, -0.1) is 0 Å². The Morgan fingerprint density at radius 2 is 1.84 bits per heavy atom. The molecule has 1 rings (SSSR count). The van der Waals surface area contributed by atoms with Crippen LogP contribution in [-0.2, 0) is 0 Å². The van der Waals surface area contributed by atoms with E-state index in [1.54, 1.807) is 0 Å². The molecule has 0 aliphatic carbocycles. The summed E-state index contributed by atoms with van der Waals surface area (Å²) in [7, 11) is 0. The van der Waals surface area contributed by atoms with E-state index in [4.69, 9.17) is 15.6 Å². The topological polar surface area (TPSA) is 55.5 Å². The van der Waals surface area contributed by atoms with Crippen LogP contribution in [0.3, 0.4) is 0 Å². The van der Waals surface area contributed by atoms with Gasteiger partial charge in [-0.25, -0.2) is 0 Å². The average molecular weight is 265 g/mol. The zero-order valence-corrected chi connectivity index (χ0v) is 12.5. The van der Waals surface area contributed by atoms with Crippen molar-refractivity contribution in [3.8, 4) is 5.75 Å². The fourth-order valence-electron chi connectivity index (χ4n) is 2.11. The molecule has 3 unspecified atom stereocenters. The summed E-state index contributed by atoms with van der Waals surface area (Å²) in [5.74, 6) is 1.43. The summed E-state index contributed by atoms with van der Waals surface area (Å²) in [6.07, 6.45) is 1.74. The Morgan fingerprint density at radius 1 is 1.26 bits per heavy atom. The molecular formula is C16H27NO2. The molecule has 0 bridgehead atoms. The van der Waals surface area contributed by atoms with Gasteiger partial charge in [0.25, 0.3) is 0 Å². The van der Waals surface area contributed by atoms with E-state index in [-0.39, 0.29) is 12.7 Å². The molecule has 0 radical (unpaired) electrons. The lowest BCUT2D eigenvalue weighted by atomic mass is 9.97. The number of rotatable bonds is 7. The Morgan fingerprint density at radius 3 is 2.32 bits per heavy atom. The number of aliphatic hydroxyl groups excluding tert-OH is 1. The van der Waals surface area contributed by atoms with Gasteiger partial charge in [-0.3, -0.25) is 0 Å². The Kier molecular flexibility index (Phi) is 5.83. The Labute approximate surface area is 116 Å². The maximum Gasteiger partial charge on any atom is 0.119 e. The quantitative estimate of drug-likeness (QED) is 0.796. The summed E-state index contributed by atoms with van der Waals surface area (Å²) in [5.41, 5.74) is 6.67. The lowest BCUT2D eigenvalue weighted by Crippen LogP contribution is -2.43. The highest BCUT2D eigenvalue weighted by Gasteiger charge is 2.21. The second-order valence-corrected chi connectivity index (χ2v) is 5.82. The van der Waals surface area contributed by atoms with Crippen LogP contribution in [0.5, 0.6) is 5.75 Å². The molecule has 108 valence electrons. The van der Waals surface area contributed by atoms with E-state index in [2.05, 4.69) is 26.0 Å². The van der Waals surface area contributed by atoms with Gasteiger partial charge in [-0.05, 0) is 43.9 Å². The summed E-state index contributed by atoms with van der Waals surface area (Å²) >= 11 is 0. The normalized spacial score (nSPS) is 17.6. The predicted octanol–water partition coefficient (Wildman–Crippen LogP) is 3.07. The molecule has 0 saturated heterocycles. The predicted molar refractivity (Wildman–Crippen MR) is 79.5 cm³/mol. The third-order valence-electron chi connectivity index (χ3n) is 3.51. The van der Waals surface area contributed by atoms with Crippen LogP contribution in [-0.4, -0.2) is 23.4 Å². The fourth-order valence-corrected chi connectivity index (χ4v) is 2.11. The fraction of sp³-hybridized carbons (Fsp3) is 0.625. The monoisotopic (exact) mass is 265 g/mol. The number of hydrogen-bond donors (Lipinski definition) is 2. The summed E-state index contributed by atoms with van der Waals surface area (Å²) in [5, 5.41) is 9.15. The van der Waals surface area contributed by atoms with Gasteiger partial charge in [-0.1, -0.05) is 26.0 Å². The van der Waals surface area contributed by atoms with E-state index in [0.29, 0.717) is 12.3 Å². The smallest absolute Gasteiger partial charge is 0.119 e. The molecule has 1 aromatic rings. The van der Waals surface area contributed by atoms with E-state index in [1.807, 2.05) is 26.0 Å². The van der Waals surface area contributed by atoms with E-state index >= 15 is 0 Å². The largest absolute Gasteiger partial charge is 0.491 e. The first-order chi connectivity index (χ1) is 8.88. The van der Waals surface area contributed by atoms with Gasteiger partial charge in [0.1, 0.15) is 5.75 Å². The number of aliphatic hydroxyl groups is 1. The van der Waals surface area contributed by atoms with Crippen molar-refractivity contribution in [3.63, 3.8) is 0 Å². The zero-order valence-electron chi connectivity index (χ0n) is 12.5. The van der Waals surface area contributed by atoms with Crippen LogP contribution in [0, 0.1) is 0 Å². The second-order valence-electron chi connectivity index (χ2n) is 5.82. The zero-order chi connectivity index (χ0) is 14.5. The van der Waals surface area contributed by atoms with Gasteiger partial charge < -0.3 is 15.6 Å². The van der Waals surface area contributed by atoms with Crippen LogP contribution in [0.1, 0.15) is 52.0 Å². The lowest BCUT2D eigenvalue weighted by Gasteiger charge is -2.26. The van der Waals surface area contributed by atoms with Crippen molar-refractivity contribution in [3.05, 3.63) is 29.8 Å². The van der Waals surface area contributed by atoms with Gasteiger partial charge in [0, 0.05) is 12.0 Å². The molecule has 3 heteroatoms. The first-order valence-electron chi connectivity index (χ1n) is 7.04. The maximum absolute atomic E-state index is 9.15. The van der Waals surface area contributed by atoms with Crippen LogP contribution in [0.2, 0.25) is 0 Å². The average Bonchev–Trinajstić information content (AvgIpc) is 2.38. The standard InChI is InChI=1S/C16H27NO2/c1-5-12(2)14-6-8-15(9-7-14)19-13(3)10-16(4,17)11-18/h6-9,12-13,18H,5,10-11,17H2,1-4H3. The molecule has 0 aliphatic rings. The van der Waals surface area contributed by atoms with Crippen molar-refractivity contribution in [2.45, 2.75) is 58.1 Å². The van der Waals surface area contributed by atoms with Crippen LogP contribution < -0.4 is 10.5 Å². The molecule has 0 aliphatic heterocycles. The minimum absolute atomic E-state index is 0.0170. The summed E-state index contributed by atoms with van der Waals surface area (Å²) in [4.78, 5) is 0. The molecule has 0 fully saturated rings. The number of nitrogens with two attached hydrogens (primary N) is 1. The van der Waals surface area contributed by atoms with E-state index in [9.17, 15) is 0 Å². The highest BCUT2D eigenvalue weighted by molar-refractivity contribution is 5.29. The number of hydrogen-bond acceptors (Lipinski definition) is 3. The highest BCUT2D eigenvalue weighted by Crippen LogP contribution is 2.23. The number of benzene rings is 1. The molecule has 1 aromatic carbocycles. The highest BCUT2D eigenvalue weighted by atomic mass is 16.5. The second kappa shape index (κ2) is 6.92. The van der Waals surface area contributed by atoms with E-state index in [1.165, 1.54) is 5.56 Å². The summed E-state index contributed by atoms with van der Waals surface area (Å²) in [6.45, 7) is 8.18. The molecule has 0 spiro atoms. The van der Waals surface area contributed by atoms with Crippen molar-refractivity contribution in [1.29, 1.82) is 0 Å². The van der Waals surface area contributed by atoms with Gasteiger partial charge in [0.2, 0.25) is 0 Å². The Bertz CT molecular complexity index is 373. The molecule has 19 heavy (non-hydrogen) atoms. The van der Waals surface area contributed by atoms with Crippen molar-refractivity contribution in [1.82, 2.24) is 0 Å². The van der Waals surface area contributed by atoms with Crippen molar-refractivity contribution >= 4 is 0 Å². The van der Waals surface area contributed by atoms with Gasteiger partial charge >= 0.3 is 0 Å². The molecule has 3 nitrogen and oxygen atoms in total. The molecule has 0 saturated carbocycles. The SMILES string of the molecule is CCC(C)c1ccc(OC(C)CC(C)(N)CO)cc1. The molecule has 3 N–H and O–H groups in total. The van der Waals surface area contributed by atoms with Gasteiger partial charge in [0.15, 0.2) is 0 Å². The third kappa shape index (κ3) is 5.21. The summed E-state index contributed by atoms with van der Waals surface area (Å²) < 4.78 is 5.83. The van der Waals surface area contributed by atoms with E-state index < -0.39 is 5.54 Å². The van der Waals surface area contributed by atoms with Crippen LogP contribution in [0.25, 0.3) is 0 Å². The maximum atomic E-state index is 9.15. The summed E-state index contributed by atoms with van der Waals surface area (Å²) in [6, 6.07) is 8.24. The molecule has 3 atom stereocenters. The van der Waals surface area contributed by atoms with Crippen LogP contribution >= 0.6 is 0 Å². The third-order valence-corrected chi connectivity index (χ3v) is 3.51. The molecular weight excluding hydrogens is 238 g/mol. The number of ether oxygens (including phenoxy) is 1. The van der Waals surface area contributed by atoms with Crippen LogP contribution in [0.4, 0.5) is 0 Å².